The number of carbonyl (C=O) groups excluding carboxylic acids is 1. The molecule has 5 heteroatoms. The minimum absolute atomic E-state index is 0.0485. The average Bonchev–Trinajstić information content (AvgIpc) is 3.13. The van der Waals surface area contributed by atoms with Gasteiger partial charge in [-0.05, 0) is 6.92 Å². The van der Waals surface area contributed by atoms with E-state index in [1.165, 1.54) is 11.1 Å². The zero-order chi connectivity index (χ0) is 20.1. The van der Waals surface area contributed by atoms with Gasteiger partial charge >= 0.3 is 0 Å². The van der Waals surface area contributed by atoms with E-state index in [0.717, 1.165) is 11.3 Å². The second-order valence-corrected chi connectivity index (χ2v) is 8.11. The topological polar surface area (TPSA) is 71.7 Å². The molecule has 3 N–H and O–H groups in total. The van der Waals surface area contributed by atoms with Gasteiger partial charge in [0.2, 0.25) is 5.88 Å². The summed E-state index contributed by atoms with van der Waals surface area (Å²) in [5.41, 5.74) is 4.23. The maximum atomic E-state index is 12.5. The molecule has 0 radical (unpaired) electrons. The SMILES string of the molecule is Cc1ccc([C@@H]([NH2+]CC(=O)Nc2cc(C(C)(C)C)no2)c2ccccc2)cc1. The van der Waals surface area contributed by atoms with E-state index in [9.17, 15) is 4.79 Å². The van der Waals surface area contributed by atoms with Gasteiger partial charge in [0.25, 0.3) is 5.91 Å². The molecule has 3 rings (SSSR count). The molecular formula is C23H28N3O2+. The third-order valence-electron chi connectivity index (χ3n) is 4.68. The lowest BCUT2D eigenvalue weighted by atomic mass is 9.92. The van der Waals surface area contributed by atoms with E-state index < -0.39 is 0 Å². The van der Waals surface area contributed by atoms with Gasteiger partial charge in [-0.15, -0.1) is 0 Å². The lowest BCUT2D eigenvalue weighted by Gasteiger charge is -2.16. The number of nitrogens with zero attached hydrogens (tertiary/aromatic N) is 1. The van der Waals surface area contributed by atoms with Crippen LogP contribution in [0, 0.1) is 6.92 Å². The first-order chi connectivity index (χ1) is 13.3. The number of amides is 1. The second-order valence-electron chi connectivity index (χ2n) is 8.11. The number of nitrogens with one attached hydrogen (secondary N) is 1. The quantitative estimate of drug-likeness (QED) is 0.689. The number of hydrogen-bond donors (Lipinski definition) is 2. The fourth-order valence-corrected chi connectivity index (χ4v) is 3.00. The maximum Gasteiger partial charge on any atom is 0.281 e. The Morgan fingerprint density at radius 3 is 2.32 bits per heavy atom. The van der Waals surface area contributed by atoms with E-state index in [2.05, 4.69) is 74.6 Å². The van der Waals surface area contributed by atoms with Gasteiger partial charge in [-0.25, -0.2) is 0 Å². The van der Waals surface area contributed by atoms with Crippen molar-refractivity contribution in [3.8, 4) is 0 Å². The summed E-state index contributed by atoms with van der Waals surface area (Å²) in [6, 6.07) is 20.5. The molecule has 0 spiro atoms. The Bertz CT molecular complexity index is 909. The number of hydrogen-bond acceptors (Lipinski definition) is 3. The van der Waals surface area contributed by atoms with Crippen molar-refractivity contribution < 1.29 is 14.6 Å². The zero-order valence-corrected chi connectivity index (χ0v) is 16.9. The third kappa shape index (κ3) is 5.08. The van der Waals surface area contributed by atoms with Crippen molar-refractivity contribution >= 4 is 11.8 Å². The van der Waals surface area contributed by atoms with Crippen LogP contribution in [0.25, 0.3) is 0 Å². The Hall–Kier alpha value is -2.92. The van der Waals surface area contributed by atoms with E-state index in [1.54, 1.807) is 6.07 Å². The second kappa shape index (κ2) is 8.40. The summed E-state index contributed by atoms with van der Waals surface area (Å²) in [7, 11) is 0. The van der Waals surface area contributed by atoms with Crippen LogP contribution in [0.4, 0.5) is 5.88 Å². The van der Waals surface area contributed by atoms with Crippen LogP contribution >= 0.6 is 0 Å². The first-order valence-electron chi connectivity index (χ1n) is 9.55. The molecular weight excluding hydrogens is 350 g/mol. The Morgan fingerprint density at radius 2 is 1.71 bits per heavy atom. The molecule has 0 fully saturated rings. The van der Waals surface area contributed by atoms with Crippen molar-refractivity contribution in [1.29, 1.82) is 0 Å². The molecule has 1 atom stereocenters. The molecule has 0 aliphatic carbocycles. The summed E-state index contributed by atoms with van der Waals surface area (Å²) < 4.78 is 5.26. The fourth-order valence-electron chi connectivity index (χ4n) is 3.00. The smallest absolute Gasteiger partial charge is 0.281 e. The van der Waals surface area contributed by atoms with Crippen LogP contribution in [-0.4, -0.2) is 17.6 Å². The summed E-state index contributed by atoms with van der Waals surface area (Å²) >= 11 is 0. The summed E-state index contributed by atoms with van der Waals surface area (Å²) in [6.45, 7) is 8.50. The predicted octanol–water partition coefficient (Wildman–Crippen LogP) is 3.57. The van der Waals surface area contributed by atoms with Gasteiger partial charge in [0.05, 0.1) is 5.69 Å². The van der Waals surface area contributed by atoms with Crippen LogP contribution in [0.5, 0.6) is 0 Å². The Labute approximate surface area is 166 Å². The van der Waals surface area contributed by atoms with Crippen LogP contribution in [0.1, 0.15) is 49.2 Å². The minimum atomic E-state index is -0.123. The largest absolute Gasteiger partial charge is 0.338 e. The van der Waals surface area contributed by atoms with Crippen LogP contribution < -0.4 is 10.6 Å². The number of anilines is 1. The summed E-state index contributed by atoms with van der Waals surface area (Å²) in [5, 5.41) is 8.88. The highest BCUT2D eigenvalue weighted by atomic mass is 16.5. The van der Waals surface area contributed by atoms with Crippen molar-refractivity contribution in [2.24, 2.45) is 0 Å². The maximum absolute atomic E-state index is 12.5. The van der Waals surface area contributed by atoms with Crippen molar-refractivity contribution in [2.45, 2.75) is 39.2 Å². The van der Waals surface area contributed by atoms with E-state index in [0.29, 0.717) is 5.88 Å². The van der Waals surface area contributed by atoms with Gasteiger partial charge in [0, 0.05) is 22.6 Å². The fraction of sp³-hybridized carbons (Fsp3) is 0.304. The molecule has 0 aliphatic heterocycles. The van der Waals surface area contributed by atoms with Crippen molar-refractivity contribution in [3.05, 3.63) is 83.0 Å². The highest BCUT2D eigenvalue weighted by Gasteiger charge is 2.22. The van der Waals surface area contributed by atoms with Crippen molar-refractivity contribution in [1.82, 2.24) is 5.16 Å². The number of carbonyl (C=O) groups is 1. The number of rotatable bonds is 6. The predicted molar refractivity (Wildman–Crippen MR) is 110 cm³/mol. The zero-order valence-electron chi connectivity index (χ0n) is 16.9. The third-order valence-corrected chi connectivity index (χ3v) is 4.68. The van der Waals surface area contributed by atoms with Gasteiger partial charge in [-0.3, -0.25) is 10.1 Å². The van der Waals surface area contributed by atoms with E-state index in [-0.39, 0.29) is 23.9 Å². The molecule has 3 aromatic rings. The number of aryl methyl sites for hydroxylation is 1. The molecule has 28 heavy (non-hydrogen) atoms. The van der Waals surface area contributed by atoms with Gasteiger partial charge in [-0.2, -0.15) is 0 Å². The monoisotopic (exact) mass is 378 g/mol. The summed E-state index contributed by atoms with van der Waals surface area (Å²) in [6.07, 6.45) is 0. The molecule has 5 nitrogen and oxygen atoms in total. The molecule has 0 bridgehead atoms. The molecule has 0 unspecified atom stereocenters. The Morgan fingerprint density at radius 1 is 1.07 bits per heavy atom. The standard InChI is InChI=1S/C23H27N3O2/c1-16-10-12-18(13-11-16)22(17-8-6-5-7-9-17)24-15-20(27)25-21-14-19(26-28-21)23(2,3)4/h5-14,22,24H,15H2,1-4H3,(H,25,27)/p+1/t22-/m0/s1. The van der Waals surface area contributed by atoms with Crippen LogP contribution in [0.15, 0.2) is 65.2 Å². The Balaban J connectivity index is 1.69. The van der Waals surface area contributed by atoms with Gasteiger partial charge in [-0.1, -0.05) is 86.1 Å². The van der Waals surface area contributed by atoms with Crippen molar-refractivity contribution in [2.75, 3.05) is 11.9 Å². The molecule has 1 aromatic heterocycles. The van der Waals surface area contributed by atoms with Gasteiger partial charge in [0.1, 0.15) is 6.04 Å². The van der Waals surface area contributed by atoms with Crippen LogP contribution in [0.3, 0.4) is 0 Å². The molecule has 0 saturated heterocycles. The van der Waals surface area contributed by atoms with Crippen LogP contribution in [-0.2, 0) is 10.2 Å². The van der Waals surface area contributed by atoms with E-state index in [4.69, 9.17) is 4.52 Å². The average molecular weight is 378 g/mol. The molecule has 0 saturated carbocycles. The summed E-state index contributed by atoms with van der Waals surface area (Å²) in [4.78, 5) is 12.5. The van der Waals surface area contributed by atoms with Gasteiger partial charge < -0.3 is 9.84 Å². The highest BCUT2D eigenvalue weighted by Crippen LogP contribution is 2.23. The van der Waals surface area contributed by atoms with E-state index >= 15 is 0 Å². The Kier molecular flexibility index (Phi) is 5.95. The molecule has 2 aromatic carbocycles. The van der Waals surface area contributed by atoms with Crippen molar-refractivity contribution in [3.63, 3.8) is 0 Å². The lowest BCUT2D eigenvalue weighted by molar-refractivity contribution is -0.676. The van der Waals surface area contributed by atoms with E-state index in [1.807, 2.05) is 23.5 Å². The molecule has 0 aliphatic rings. The first kappa shape index (κ1) is 19.8. The molecule has 1 heterocycles. The number of quaternary nitrogens is 1. The number of nitrogens with two attached hydrogens (primary N) is 1. The highest BCUT2D eigenvalue weighted by molar-refractivity contribution is 5.90. The molecule has 1 amide bonds. The normalized spacial score (nSPS) is 12.6. The summed E-state index contributed by atoms with van der Waals surface area (Å²) in [5.74, 6) is 0.263. The van der Waals surface area contributed by atoms with Crippen LogP contribution in [0.2, 0.25) is 0 Å². The number of aromatic nitrogens is 1. The first-order valence-corrected chi connectivity index (χ1v) is 9.55. The minimum Gasteiger partial charge on any atom is -0.338 e. The molecule has 146 valence electrons. The number of benzene rings is 2. The van der Waals surface area contributed by atoms with Gasteiger partial charge in [0.15, 0.2) is 6.54 Å². The lowest BCUT2D eigenvalue weighted by Crippen LogP contribution is -2.87.